The number of hydrogen-bond donors (Lipinski definition) is 1. The molecule has 9 aliphatic heterocycles. The number of nitrogens with one attached hydrogen (secondary N) is 1. The van der Waals surface area contributed by atoms with E-state index in [0.717, 1.165) is 124 Å². The Labute approximate surface area is 755 Å². The summed E-state index contributed by atoms with van der Waals surface area (Å²) < 4.78 is 0. The standard InChI is InChI=1S/C15H22N2.C14H20N2.C14H22N2.C13H20N4.C12H18N4.C11H18N4.C11H18N2S.C10H16N2S/c1-13-5-7-15(8-6-13)17-11-9-16(10-12-17)14-3-2-4-14;1-12-2-4-13(5-3-12)15-8-10-16(11-9-15)14-6-7-14;1-11-5-7-14(8-6-11)16-9-12(2)15(4)13(3)10-16;1-11-8-15-13(9-14-11)17-7-6-16-5-3-2-4-12(16)10-17;1-10-8-14-12(9-13-10)16-6-4-15(5-7-16)11-2-3-11;1-9-6-13-10(7-12-9)15-5-4-14-11(2,3)8-15;1-9-8-13(7-6-12(9)3)11-5-4-10(2)14-11;1-9-3-4-10(13-9)12-7-5-11(2)6-8-12/h5-8,14H,2-4,9-12H2,1H3;2-5,14H,6-11H2,1H3;5-8,12-13H,9-10H2,1-4H3;8-9,12H,2-7,10H2,1H3;8-9,11H,2-7H2,1H3;6-7,14H,4-5,8H2,1-3H3;4-5,9H,6-8H2,1-3H3;3-4H,5-8H2,1-2H3. The molecule has 9 saturated heterocycles. The zero-order chi connectivity index (χ0) is 87.2. The Morgan fingerprint density at radius 1 is 0.315 bits per heavy atom. The number of likely N-dealkylation sites (N-methyl/N-ethyl adjacent to an activating group) is 3. The summed E-state index contributed by atoms with van der Waals surface area (Å²) in [6, 6.07) is 41.1. The van der Waals surface area contributed by atoms with Gasteiger partial charge in [0.1, 0.15) is 17.5 Å². The van der Waals surface area contributed by atoms with Gasteiger partial charge in [-0.25, -0.2) is 15.0 Å². The molecule has 22 nitrogen and oxygen atoms in total. The molecule has 3 aliphatic carbocycles. The number of aromatic nitrogens is 6. The molecule has 24 heteroatoms. The molecule has 3 saturated carbocycles. The van der Waals surface area contributed by atoms with Gasteiger partial charge in [0.05, 0.1) is 64.3 Å². The molecular formula is C100H154N22S2. The van der Waals surface area contributed by atoms with Gasteiger partial charge in [0.2, 0.25) is 0 Å². The molecule has 0 bridgehead atoms. The number of benzene rings is 3. The lowest BCUT2D eigenvalue weighted by Crippen LogP contribution is -2.57. The first-order chi connectivity index (χ1) is 59.9. The largest absolute Gasteiger partial charge is 0.369 e. The third-order valence-electron chi connectivity index (χ3n) is 27.4. The summed E-state index contributed by atoms with van der Waals surface area (Å²) in [6.45, 7) is 60.5. The van der Waals surface area contributed by atoms with Crippen LogP contribution in [0.25, 0.3) is 0 Å². The van der Waals surface area contributed by atoms with Crippen LogP contribution in [0, 0.1) is 55.4 Å². The molecule has 1 N–H and O–H groups in total. The van der Waals surface area contributed by atoms with Gasteiger partial charge in [-0.2, -0.15) is 0 Å². The Morgan fingerprint density at radius 2 is 0.694 bits per heavy atom. The van der Waals surface area contributed by atoms with Crippen LogP contribution in [0.1, 0.15) is 142 Å². The van der Waals surface area contributed by atoms with E-state index >= 15 is 0 Å². The maximum Gasteiger partial charge on any atom is 0.147 e. The molecule has 0 amide bonds. The van der Waals surface area contributed by atoms with E-state index in [1.165, 1.54) is 236 Å². The monoisotopic (exact) mass is 1730 g/mol. The molecule has 20 rings (SSSR count). The van der Waals surface area contributed by atoms with Gasteiger partial charge in [-0.1, -0.05) is 65.9 Å². The smallest absolute Gasteiger partial charge is 0.147 e. The Morgan fingerprint density at radius 3 is 1.10 bits per heavy atom. The zero-order valence-electron chi connectivity index (χ0n) is 78.8. The van der Waals surface area contributed by atoms with Crippen LogP contribution in [0.3, 0.4) is 0 Å². The minimum absolute atomic E-state index is 0.158. The lowest BCUT2D eigenvalue weighted by Gasteiger charge is -2.44. The van der Waals surface area contributed by atoms with Crippen molar-refractivity contribution in [2.24, 2.45) is 0 Å². The number of nitrogens with zero attached hydrogens (tertiary/aromatic N) is 21. The van der Waals surface area contributed by atoms with Gasteiger partial charge < -0.3 is 54.3 Å². The highest BCUT2D eigenvalue weighted by Gasteiger charge is 2.35. The van der Waals surface area contributed by atoms with Crippen molar-refractivity contribution in [2.45, 2.75) is 202 Å². The van der Waals surface area contributed by atoms with Crippen LogP contribution >= 0.6 is 22.7 Å². The van der Waals surface area contributed by atoms with Crippen molar-refractivity contribution in [3.8, 4) is 0 Å². The van der Waals surface area contributed by atoms with Gasteiger partial charge in [-0.15, -0.1) is 22.7 Å². The van der Waals surface area contributed by atoms with E-state index in [4.69, 9.17) is 0 Å². The van der Waals surface area contributed by atoms with Crippen LogP contribution in [0.4, 0.5) is 44.5 Å². The van der Waals surface area contributed by atoms with Crippen molar-refractivity contribution in [3.63, 3.8) is 0 Å². The maximum atomic E-state index is 4.48. The number of anilines is 8. The van der Waals surface area contributed by atoms with Gasteiger partial charge in [0.25, 0.3) is 0 Å². The molecule has 4 unspecified atom stereocenters. The van der Waals surface area contributed by atoms with Gasteiger partial charge in [0.15, 0.2) is 0 Å². The lowest BCUT2D eigenvalue weighted by atomic mass is 9.91. The molecule has 0 spiro atoms. The summed E-state index contributed by atoms with van der Waals surface area (Å²) in [6.07, 6.45) is 25.3. The highest BCUT2D eigenvalue weighted by molar-refractivity contribution is 7.16. The van der Waals surface area contributed by atoms with Gasteiger partial charge >= 0.3 is 0 Å². The van der Waals surface area contributed by atoms with Crippen LogP contribution < -0.4 is 44.5 Å². The zero-order valence-corrected chi connectivity index (χ0v) is 80.5. The van der Waals surface area contributed by atoms with E-state index in [0.29, 0.717) is 18.1 Å². The quantitative estimate of drug-likeness (QED) is 0.131. The van der Waals surface area contributed by atoms with E-state index in [2.05, 4.69) is 296 Å². The lowest BCUT2D eigenvalue weighted by molar-refractivity contribution is 0.120. The summed E-state index contributed by atoms with van der Waals surface area (Å²) in [5.41, 5.74) is 11.3. The summed E-state index contributed by atoms with van der Waals surface area (Å²) in [7, 11) is 6.63. The Kier molecular flexibility index (Phi) is 34.8. The average Bonchev–Trinajstić information content (AvgIpc) is 1.05. The number of fused-ring (bicyclic) bond motifs is 1. The van der Waals surface area contributed by atoms with E-state index in [9.17, 15) is 0 Å². The SMILES string of the molecule is Cc1ccc(N2CC(C)N(C)C(C)C2)cc1.Cc1ccc(N2CCN(C)C(C)C2)s1.Cc1ccc(N2CCN(C)CC2)s1.Cc1ccc(N2CCN(C3CC3)CC2)cc1.Cc1ccc(N2CCN(C3CCC3)CC2)cc1.Cc1cnc(N2CCN(C3CC3)CC2)cn1.Cc1cnc(N2CCN3CCCCC3C2)cn1.Cc1cnc(N2CCNC(C)(C)C2)cn1. The number of hydrogen-bond acceptors (Lipinski definition) is 24. The van der Waals surface area contributed by atoms with Crippen molar-refractivity contribution in [3.05, 3.63) is 178 Å². The van der Waals surface area contributed by atoms with Crippen molar-refractivity contribution in [2.75, 3.05) is 244 Å². The van der Waals surface area contributed by atoms with Gasteiger partial charge in [-0.05, 0) is 230 Å². The molecule has 3 aromatic carbocycles. The molecule has 12 fully saturated rings. The van der Waals surface area contributed by atoms with E-state index in [1.54, 1.807) is 0 Å². The highest BCUT2D eigenvalue weighted by Crippen LogP contribution is 2.34. The van der Waals surface area contributed by atoms with E-state index in [1.807, 2.05) is 80.6 Å². The van der Waals surface area contributed by atoms with Crippen LogP contribution in [-0.2, 0) is 0 Å². The molecule has 8 aromatic rings. The molecule has 4 atom stereocenters. The number of thiophene rings is 2. The highest BCUT2D eigenvalue weighted by atomic mass is 32.1. The van der Waals surface area contributed by atoms with Crippen molar-refractivity contribution >= 4 is 67.2 Å². The Hall–Kier alpha value is -7.62. The third-order valence-corrected chi connectivity index (χ3v) is 29.6. The molecule has 14 heterocycles. The van der Waals surface area contributed by atoms with Crippen LogP contribution in [0.15, 0.2) is 134 Å². The minimum Gasteiger partial charge on any atom is -0.369 e. The third kappa shape index (κ3) is 28.4. The first-order valence-corrected chi connectivity index (χ1v) is 49.0. The summed E-state index contributed by atoms with van der Waals surface area (Å²) in [5, 5.41) is 6.35. The normalized spacial score (nSPS) is 23.1. The van der Waals surface area contributed by atoms with Crippen LogP contribution in [0.5, 0.6) is 0 Å². The Balaban J connectivity index is 0.000000122. The first-order valence-electron chi connectivity index (χ1n) is 47.4. The fraction of sp³-hybridized carbons (Fsp3) is 0.620. The predicted molar refractivity (Wildman–Crippen MR) is 526 cm³/mol. The fourth-order valence-corrected chi connectivity index (χ4v) is 20.1. The second kappa shape index (κ2) is 45.9. The van der Waals surface area contributed by atoms with Crippen molar-refractivity contribution in [1.82, 2.24) is 69.5 Å². The van der Waals surface area contributed by atoms with Gasteiger partial charge in [0, 0.05) is 251 Å². The molecule has 12 aliphatic rings. The topological polar surface area (TPSA) is 138 Å². The molecule has 5 aromatic heterocycles. The van der Waals surface area contributed by atoms with Crippen LogP contribution in [-0.4, -0.2) is 316 Å². The molecule has 124 heavy (non-hydrogen) atoms. The maximum absolute atomic E-state index is 4.48. The average molecular weight is 1730 g/mol. The van der Waals surface area contributed by atoms with Crippen LogP contribution in [0.2, 0.25) is 0 Å². The first kappa shape index (κ1) is 94.0. The fourth-order valence-electron chi connectivity index (χ4n) is 18.3. The summed E-state index contributed by atoms with van der Waals surface area (Å²) in [4.78, 5) is 66.5. The predicted octanol–water partition coefficient (Wildman–Crippen LogP) is 15.0. The number of rotatable bonds is 11. The Bertz CT molecular complexity index is 4280. The van der Waals surface area contributed by atoms with Crippen molar-refractivity contribution in [1.29, 1.82) is 0 Å². The summed E-state index contributed by atoms with van der Waals surface area (Å²) in [5.74, 6) is 3.05. The van der Waals surface area contributed by atoms with E-state index < -0.39 is 0 Å². The second-order valence-corrected chi connectivity index (χ2v) is 40.7. The van der Waals surface area contributed by atoms with Gasteiger partial charge in [-0.3, -0.25) is 39.5 Å². The summed E-state index contributed by atoms with van der Waals surface area (Å²) >= 11 is 3.81. The molecular weight excluding hydrogens is 1570 g/mol. The number of piperazine rings is 8. The number of piperidine rings is 1. The molecule has 676 valence electrons. The second-order valence-electron chi connectivity index (χ2n) is 38.1. The number of aryl methyl sites for hydroxylation is 8. The minimum atomic E-state index is 0.158. The van der Waals surface area contributed by atoms with Crippen molar-refractivity contribution < 1.29 is 0 Å². The molecule has 0 radical (unpaired) electrons. The van der Waals surface area contributed by atoms with E-state index in [-0.39, 0.29) is 5.54 Å².